The second kappa shape index (κ2) is 13.6. The van der Waals surface area contributed by atoms with E-state index in [1.54, 1.807) is 9.95 Å². The van der Waals surface area contributed by atoms with E-state index < -0.39 is 23.5 Å². The van der Waals surface area contributed by atoms with Gasteiger partial charge in [0, 0.05) is 35.4 Å². The molecule has 3 amide bonds. The van der Waals surface area contributed by atoms with Gasteiger partial charge in [-0.05, 0) is 43.6 Å². The Morgan fingerprint density at radius 3 is 2.57 bits per heavy atom. The highest BCUT2D eigenvalue weighted by Crippen LogP contribution is 2.50. The van der Waals surface area contributed by atoms with Gasteiger partial charge in [-0.2, -0.15) is 0 Å². The molecule has 2 aliphatic rings. The van der Waals surface area contributed by atoms with Crippen LogP contribution in [0.5, 0.6) is 0 Å². The molecule has 1 aliphatic heterocycles. The van der Waals surface area contributed by atoms with Gasteiger partial charge < -0.3 is 26.0 Å². The van der Waals surface area contributed by atoms with Crippen LogP contribution < -0.4 is 21.9 Å². The number of carbonyl (C=O) groups excluding carboxylic acids is 4. The minimum Gasteiger partial charge on any atom is -0.476 e. The number of pyridine rings is 1. The van der Waals surface area contributed by atoms with Crippen molar-refractivity contribution in [3.63, 3.8) is 0 Å². The first kappa shape index (κ1) is 33.1. The Hall–Kier alpha value is -4.24. The van der Waals surface area contributed by atoms with E-state index >= 15 is 0 Å². The van der Waals surface area contributed by atoms with E-state index in [0.29, 0.717) is 51.8 Å². The van der Waals surface area contributed by atoms with E-state index in [9.17, 15) is 33.9 Å². The molecule has 5 N–H and O–H groups in total. The predicted octanol–water partition coefficient (Wildman–Crippen LogP) is 2.99. The van der Waals surface area contributed by atoms with Gasteiger partial charge in [-0.15, -0.1) is 22.7 Å². The monoisotopic (exact) mass is 668 g/mol. The van der Waals surface area contributed by atoms with Gasteiger partial charge in [-0.25, -0.2) is 14.8 Å². The number of carboxylic acid groups (broad SMARTS) is 1. The van der Waals surface area contributed by atoms with E-state index in [1.807, 2.05) is 13.8 Å². The van der Waals surface area contributed by atoms with Crippen LogP contribution in [0.2, 0.25) is 0 Å². The number of carboxylic acids is 1. The molecule has 0 aromatic carbocycles. The van der Waals surface area contributed by atoms with Crippen molar-refractivity contribution in [2.24, 2.45) is 11.7 Å². The number of thiazole rings is 2. The predicted molar refractivity (Wildman–Crippen MR) is 171 cm³/mol. The van der Waals surface area contributed by atoms with E-state index in [2.05, 4.69) is 20.6 Å². The van der Waals surface area contributed by atoms with Gasteiger partial charge in [0.1, 0.15) is 15.7 Å². The number of aromatic carboxylic acids is 1. The van der Waals surface area contributed by atoms with E-state index in [-0.39, 0.29) is 60.6 Å². The number of nitrogens with zero attached hydrogens (tertiary/aromatic N) is 3. The summed E-state index contributed by atoms with van der Waals surface area (Å²) >= 11 is 2.46. The van der Waals surface area contributed by atoms with Crippen LogP contribution in [0.4, 0.5) is 0 Å². The molecule has 244 valence electrons. The molecule has 13 nitrogen and oxygen atoms in total. The quantitative estimate of drug-likeness (QED) is 0.177. The fourth-order valence-corrected chi connectivity index (χ4v) is 7.35. The van der Waals surface area contributed by atoms with Crippen molar-refractivity contribution >= 4 is 52.1 Å². The lowest BCUT2D eigenvalue weighted by molar-refractivity contribution is -0.130. The maximum atomic E-state index is 13.6. The Kier molecular flexibility index (Phi) is 9.82. The average molecular weight is 669 g/mol. The number of aromatic nitrogens is 3. The molecule has 15 heteroatoms. The van der Waals surface area contributed by atoms with Crippen molar-refractivity contribution in [2.75, 3.05) is 0 Å². The van der Waals surface area contributed by atoms with Crippen molar-refractivity contribution in [1.29, 1.82) is 0 Å². The number of nitrogens with two attached hydrogens (primary N) is 1. The Balaban J connectivity index is 1.36. The first-order valence-electron chi connectivity index (χ1n) is 15.2. The lowest BCUT2D eigenvalue weighted by Crippen LogP contribution is -2.43. The third-order valence-corrected chi connectivity index (χ3v) is 10.1. The second-order valence-corrected chi connectivity index (χ2v) is 13.8. The van der Waals surface area contributed by atoms with Crippen LogP contribution in [0.15, 0.2) is 21.6 Å². The zero-order valence-corrected chi connectivity index (χ0v) is 27.2. The number of hydrogen-bond acceptors (Lipinski definition) is 10. The van der Waals surface area contributed by atoms with Crippen LogP contribution in [0.25, 0.3) is 10.7 Å². The minimum absolute atomic E-state index is 0.0703. The van der Waals surface area contributed by atoms with Gasteiger partial charge >= 0.3 is 5.97 Å². The summed E-state index contributed by atoms with van der Waals surface area (Å²) in [6.07, 6.45) is 3.81. The number of hydrogen-bond donors (Lipinski definition) is 4. The fraction of sp³-hybridized carbons (Fsp3) is 0.484. The third kappa shape index (κ3) is 7.25. The Labute approximate surface area is 272 Å². The first-order valence-corrected chi connectivity index (χ1v) is 17.0. The molecule has 0 radical (unpaired) electrons. The molecule has 46 heavy (non-hydrogen) atoms. The van der Waals surface area contributed by atoms with Crippen LogP contribution in [0.3, 0.4) is 0 Å². The molecule has 0 bridgehead atoms. The SMILES string of the molecule is CCCCC(=O)N[C@H](CC(N)=O)C(=O)C[C@@H](C)CCc1c2c(cc(=O)n1Cc1nc(-c3nc(C(=O)O)cs3)cs1)C1(CC1)NC2=O. The molecule has 1 aliphatic carbocycles. The van der Waals surface area contributed by atoms with Gasteiger partial charge in [0.15, 0.2) is 11.5 Å². The molecule has 3 aromatic heterocycles. The summed E-state index contributed by atoms with van der Waals surface area (Å²) in [4.78, 5) is 83.9. The molecule has 1 fully saturated rings. The summed E-state index contributed by atoms with van der Waals surface area (Å²) in [5, 5.41) is 19.1. The molecule has 2 atom stereocenters. The molecular weight excluding hydrogens is 633 g/mol. The standard InChI is InChI=1S/C31H36N6O7S2/c1-3-4-5-24(40)33-18(12-23(32)39)22(38)10-16(2)6-7-21-27-17(31(8-9-31)36-28(27)42)11-26(41)37(21)13-25-34-19(14-45-25)29-35-20(15-46-29)30(43)44/h11,14-16,18H,3-10,12-13H2,1-2H3,(H2,32,39)(H,33,40)(H,36,42)(H,43,44)/t16-,18+/m0/s1. The number of Topliss-reactive ketones (excluding diaryl/α,β-unsaturated/α-hetero) is 1. The van der Waals surface area contributed by atoms with E-state index in [0.717, 1.165) is 30.6 Å². The van der Waals surface area contributed by atoms with E-state index in [1.165, 1.54) is 22.8 Å². The van der Waals surface area contributed by atoms with Gasteiger partial charge in [-0.1, -0.05) is 20.3 Å². The second-order valence-electron chi connectivity index (χ2n) is 12.0. The number of rotatable bonds is 16. The van der Waals surface area contributed by atoms with Gasteiger partial charge in [0.2, 0.25) is 11.8 Å². The molecule has 0 unspecified atom stereocenters. The zero-order chi connectivity index (χ0) is 33.2. The fourth-order valence-electron chi connectivity index (χ4n) is 5.76. The number of fused-ring (bicyclic) bond motifs is 2. The lowest BCUT2D eigenvalue weighted by atomic mass is 9.92. The molecule has 0 saturated heterocycles. The minimum atomic E-state index is -1.13. The lowest BCUT2D eigenvalue weighted by Gasteiger charge is -2.20. The first-order chi connectivity index (χ1) is 21.9. The number of carbonyl (C=O) groups is 5. The molecule has 1 spiro atoms. The average Bonchev–Trinajstić information content (AvgIpc) is 3.31. The number of unbranched alkanes of at least 4 members (excludes halogenated alkanes) is 1. The number of nitrogens with one attached hydrogen (secondary N) is 2. The Morgan fingerprint density at radius 2 is 1.91 bits per heavy atom. The van der Waals surface area contributed by atoms with Crippen molar-refractivity contribution in [3.8, 4) is 10.7 Å². The summed E-state index contributed by atoms with van der Waals surface area (Å²) in [6.45, 7) is 3.92. The van der Waals surface area contributed by atoms with Crippen LogP contribution in [-0.2, 0) is 32.9 Å². The van der Waals surface area contributed by atoms with E-state index in [4.69, 9.17) is 5.73 Å². The normalized spacial score (nSPS) is 15.7. The van der Waals surface area contributed by atoms with Gasteiger partial charge in [0.25, 0.3) is 11.5 Å². The van der Waals surface area contributed by atoms with Crippen molar-refractivity contribution in [3.05, 3.63) is 54.7 Å². The molecule has 3 aromatic rings. The summed E-state index contributed by atoms with van der Waals surface area (Å²) in [6, 6.07) is 0.522. The summed E-state index contributed by atoms with van der Waals surface area (Å²) in [5.41, 5.74) is 6.77. The van der Waals surface area contributed by atoms with Crippen molar-refractivity contribution in [1.82, 2.24) is 25.2 Å². The smallest absolute Gasteiger partial charge is 0.355 e. The van der Waals surface area contributed by atoms with Crippen molar-refractivity contribution in [2.45, 2.75) is 89.8 Å². The molecule has 1 saturated carbocycles. The summed E-state index contributed by atoms with van der Waals surface area (Å²) in [5.74, 6) is -2.86. The topological polar surface area (TPSA) is 203 Å². The molecule has 4 heterocycles. The summed E-state index contributed by atoms with van der Waals surface area (Å²) in [7, 11) is 0. The Morgan fingerprint density at radius 1 is 1.15 bits per heavy atom. The highest BCUT2D eigenvalue weighted by atomic mass is 32.1. The van der Waals surface area contributed by atoms with Crippen LogP contribution in [0, 0.1) is 5.92 Å². The molecule has 5 rings (SSSR count). The zero-order valence-electron chi connectivity index (χ0n) is 25.6. The van der Waals surface area contributed by atoms with Crippen LogP contribution in [0.1, 0.15) is 102 Å². The Bertz CT molecular complexity index is 1760. The molecular formula is C31H36N6O7S2. The van der Waals surface area contributed by atoms with Crippen molar-refractivity contribution < 1.29 is 29.1 Å². The number of amides is 3. The third-order valence-electron chi connectivity index (χ3n) is 8.36. The van der Waals surface area contributed by atoms with Crippen LogP contribution in [-0.4, -0.2) is 55.2 Å². The maximum Gasteiger partial charge on any atom is 0.355 e. The maximum absolute atomic E-state index is 13.6. The highest BCUT2D eigenvalue weighted by Gasteiger charge is 2.53. The van der Waals surface area contributed by atoms with Gasteiger partial charge in [-0.3, -0.25) is 24.0 Å². The number of ketones is 1. The number of primary amides is 1. The summed E-state index contributed by atoms with van der Waals surface area (Å²) < 4.78 is 1.55. The highest BCUT2D eigenvalue weighted by molar-refractivity contribution is 7.14. The van der Waals surface area contributed by atoms with Crippen LogP contribution >= 0.6 is 22.7 Å². The largest absolute Gasteiger partial charge is 0.476 e. The van der Waals surface area contributed by atoms with Gasteiger partial charge in [0.05, 0.1) is 30.1 Å².